The fourth-order valence-electron chi connectivity index (χ4n) is 1.88. The number of halogens is 3. The smallest absolute Gasteiger partial charge is 0.180 e. The monoisotopic (exact) mass is 362 g/mol. The Bertz CT molecular complexity index is 577. The Morgan fingerprint density at radius 2 is 2.21 bits per heavy atom. The molecule has 2 N–H and O–H groups in total. The van der Waals surface area contributed by atoms with Crippen LogP contribution in [0, 0.1) is 5.82 Å². The van der Waals surface area contributed by atoms with Crippen molar-refractivity contribution in [2.24, 2.45) is 0 Å². The van der Waals surface area contributed by atoms with Crippen molar-refractivity contribution >= 4 is 44.0 Å². The number of anilines is 1. The van der Waals surface area contributed by atoms with E-state index in [1.54, 1.807) is 0 Å². The summed E-state index contributed by atoms with van der Waals surface area (Å²) in [7, 11) is 0. The van der Waals surface area contributed by atoms with Crippen LogP contribution < -0.4 is 5.73 Å². The number of aryl methyl sites for hydroxylation is 1. The molecular weight excluding hydrogens is 351 g/mol. The van der Waals surface area contributed by atoms with Gasteiger partial charge in [-0.3, -0.25) is 0 Å². The lowest BCUT2D eigenvalue weighted by Crippen LogP contribution is -1.95. The van der Waals surface area contributed by atoms with Crippen molar-refractivity contribution in [1.82, 2.24) is 4.98 Å². The Hall–Kier alpha value is -0.650. The molecule has 2 nitrogen and oxygen atoms in total. The number of aromatic nitrogens is 1. The molecule has 1 aromatic heterocycles. The molecule has 2 aromatic rings. The van der Waals surface area contributed by atoms with E-state index >= 15 is 0 Å². The fourth-order valence-corrected chi connectivity index (χ4v) is 3.72. The van der Waals surface area contributed by atoms with E-state index in [1.165, 1.54) is 23.5 Å². The summed E-state index contributed by atoms with van der Waals surface area (Å²) < 4.78 is 13.9. The standard InChI is InChI=1S/C13H13BrClFN2S/c1-2-3-11-12(19-13(17)18-11)6-8-9(14)4-7(16)5-10(8)15/h4-5H,2-3,6H2,1H3,(H2,17,18). The Kier molecular flexibility index (Phi) is 4.81. The Morgan fingerprint density at radius 1 is 1.47 bits per heavy atom. The molecule has 0 amide bonds. The third-order valence-electron chi connectivity index (χ3n) is 2.72. The first-order chi connectivity index (χ1) is 9.01. The van der Waals surface area contributed by atoms with E-state index in [9.17, 15) is 4.39 Å². The van der Waals surface area contributed by atoms with Crippen LogP contribution in [0.15, 0.2) is 16.6 Å². The molecule has 0 aliphatic carbocycles. The van der Waals surface area contributed by atoms with Crippen LogP contribution in [-0.4, -0.2) is 4.98 Å². The third kappa shape index (κ3) is 3.46. The van der Waals surface area contributed by atoms with Gasteiger partial charge in [0.25, 0.3) is 0 Å². The number of nitrogen functional groups attached to an aromatic ring is 1. The second-order valence-electron chi connectivity index (χ2n) is 4.20. The predicted octanol–water partition coefficient (Wildman–Crippen LogP) is 4.82. The molecule has 0 unspecified atom stereocenters. The highest BCUT2D eigenvalue weighted by Gasteiger charge is 2.14. The van der Waals surface area contributed by atoms with E-state index < -0.39 is 0 Å². The van der Waals surface area contributed by atoms with Crippen LogP contribution in [0.3, 0.4) is 0 Å². The van der Waals surface area contributed by atoms with Gasteiger partial charge in [0.2, 0.25) is 0 Å². The summed E-state index contributed by atoms with van der Waals surface area (Å²) >= 11 is 10.9. The van der Waals surface area contributed by atoms with Gasteiger partial charge in [-0.2, -0.15) is 0 Å². The molecule has 0 saturated heterocycles. The van der Waals surface area contributed by atoms with Crippen LogP contribution in [0.5, 0.6) is 0 Å². The van der Waals surface area contributed by atoms with Gasteiger partial charge in [-0.15, -0.1) is 11.3 Å². The number of rotatable bonds is 4. The molecule has 1 aromatic carbocycles. The van der Waals surface area contributed by atoms with Crippen LogP contribution in [-0.2, 0) is 12.8 Å². The molecular formula is C13H13BrClFN2S. The number of nitrogens with two attached hydrogens (primary N) is 1. The molecule has 0 fully saturated rings. The highest BCUT2D eigenvalue weighted by atomic mass is 79.9. The number of hydrogen-bond acceptors (Lipinski definition) is 3. The molecule has 0 atom stereocenters. The second kappa shape index (κ2) is 6.20. The largest absolute Gasteiger partial charge is 0.375 e. The first-order valence-electron chi connectivity index (χ1n) is 5.88. The summed E-state index contributed by atoms with van der Waals surface area (Å²) in [5.74, 6) is -0.349. The van der Waals surface area contributed by atoms with Crippen molar-refractivity contribution < 1.29 is 4.39 Å². The topological polar surface area (TPSA) is 38.9 Å². The summed E-state index contributed by atoms with van der Waals surface area (Å²) in [6.07, 6.45) is 2.51. The predicted molar refractivity (Wildman–Crippen MR) is 82.4 cm³/mol. The van der Waals surface area contributed by atoms with Gasteiger partial charge in [-0.05, 0) is 24.1 Å². The van der Waals surface area contributed by atoms with Crippen LogP contribution in [0.1, 0.15) is 29.5 Å². The lowest BCUT2D eigenvalue weighted by molar-refractivity contribution is 0.626. The summed E-state index contributed by atoms with van der Waals surface area (Å²) in [4.78, 5) is 5.43. The van der Waals surface area contributed by atoms with Crippen molar-refractivity contribution in [2.75, 3.05) is 5.73 Å². The second-order valence-corrected chi connectivity index (χ2v) is 6.57. The first kappa shape index (κ1) is 14.8. The molecule has 0 saturated carbocycles. The molecule has 0 aliphatic heterocycles. The van der Waals surface area contributed by atoms with E-state index in [1.807, 2.05) is 0 Å². The lowest BCUT2D eigenvalue weighted by atomic mass is 10.1. The SMILES string of the molecule is CCCc1nc(N)sc1Cc1c(Cl)cc(F)cc1Br. The molecule has 0 spiro atoms. The highest BCUT2D eigenvalue weighted by molar-refractivity contribution is 9.10. The minimum absolute atomic E-state index is 0.349. The maximum absolute atomic E-state index is 13.2. The Morgan fingerprint density at radius 3 is 2.84 bits per heavy atom. The van der Waals surface area contributed by atoms with Crippen molar-refractivity contribution in [3.8, 4) is 0 Å². The third-order valence-corrected chi connectivity index (χ3v) is 4.70. The van der Waals surface area contributed by atoms with Gasteiger partial charge in [0, 0.05) is 20.8 Å². The molecule has 19 heavy (non-hydrogen) atoms. The van der Waals surface area contributed by atoms with Crippen LogP contribution >= 0.6 is 38.9 Å². The van der Waals surface area contributed by atoms with Gasteiger partial charge in [-0.25, -0.2) is 9.37 Å². The lowest BCUT2D eigenvalue weighted by Gasteiger charge is -2.07. The average molecular weight is 364 g/mol. The van der Waals surface area contributed by atoms with Crippen molar-refractivity contribution in [2.45, 2.75) is 26.2 Å². The van der Waals surface area contributed by atoms with Gasteiger partial charge in [-0.1, -0.05) is 40.9 Å². The fraction of sp³-hybridized carbons (Fsp3) is 0.308. The van der Waals surface area contributed by atoms with E-state index in [0.29, 0.717) is 21.0 Å². The summed E-state index contributed by atoms with van der Waals surface area (Å²) in [5, 5.41) is 0.981. The number of thiazole rings is 1. The highest BCUT2D eigenvalue weighted by Crippen LogP contribution is 2.32. The molecule has 0 bridgehead atoms. The zero-order valence-electron chi connectivity index (χ0n) is 10.3. The average Bonchev–Trinajstić information content (AvgIpc) is 2.64. The van der Waals surface area contributed by atoms with Gasteiger partial charge < -0.3 is 5.73 Å². The van der Waals surface area contributed by atoms with Gasteiger partial charge in [0.15, 0.2) is 5.13 Å². The van der Waals surface area contributed by atoms with Crippen LogP contribution in [0.4, 0.5) is 9.52 Å². The number of benzene rings is 1. The Balaban J connectivity index is 2.36. The van der Waals surface area contributed by atoms with E-state index in [2.05, 4.69) is 27.8 Å². The van der Waals surface area contributed by atoms with Gasteiger partial charge in [0.05, 0.1) is 5.69 Å². The summed E-state index contributed by atoms with van der Waals surface area (Å²) in [5.41, 5.74) is 7.64. The minimum atomic E-state index is -0.349. The van der Waals surface area contributed by atoms with Gasteiger partial charge >= 0.3 is 0 Å². The minimum Gasteiger partial charge on any atom is -0.375 e. The number of hydrogen-bond donors (Lipinski definition) is 1. The summed E-state index contributed by atoms with van der Waals surface area (Å²) in [6.45, 7) is 2.10. The van der Waals surface area contributed by atoms with Crippen LogP contribution in [0.25, 0.3) is 0 Å². The maximum atomic E-state index is 13.2. The van der Waals surface area contributed by atoms with Crippen molar-refractivity contribution in [1.29, 1.82) is 0 Å². The zero-order chi connectivity index (χ0) is 14.0. The molecule has 0 aliphatic rings. The number of nitrogens with zero attached hydrogens (tertiary/aromatic N) is 1. The van der Waals surface area contributed by atoms with E-state index in [-0.39, 0.29) is 5.82 Å². The normalized spacial score (nSPS) is 10.9. The van der Waals surface area contributed by atoms with Crippen molar-refractivity contribution in [3.05, 3.63) is 43.6 Å². The van der Waals surface area contributed by atoms with Crippen molar-refractivity contribution in [3.63, 3.8) is 0 Å². The molecule has 6 heteroatoms. The van der Waals surface area contributed by atoms with Crippen LogP contribution in [0.2, 0.25) is 5.02 Å². The summed E-state index contributed by atoms with van der Waals surface area (Å²) in [6, 6.07) is 2.75. The van der Waals surface area contributed by atoms with Gasteiger partial charge in [0.1, 0.15) is 5.82 Å². The molecule has 0 radical (unpaired) electrons. The quantitative estimate of drug-likeness (QED) is 0.845. The van der Waals surface area contributed by atoms with E-state index in [4.69, 9.17) is 17.3 Å². The first-order valence-corrected chi connectivity index (χ1v) is 7.87. The van der Waals surface area contributed by atoms with E-state index in [0.717, 1.165) is 29.0 Å². The molecule has 102 valence electrons. The Labute approximate surface area is 128 Å². The molecule has 1 heterocycles. The maximum Gasteiger partial charge on any atom is 0.180 e. The zero-order valence-corrected chi connectivity index (χ0v) is 13.5. The molecule has 2 rings (SSSR count).